The van der Waals surface area contributed by atoms with Gasteiger partial charge in [0.2, 0.25) is 0 Å². The molecule has 0 aliphatic heterocycles. The van der Waals surface area contributed by atoms with Crippen LogP contribution in [0, 0.1) is 13.8 Å². The largest absolute Gasteiger partial charge is 0.487 e. The molecule has 0 atom stereocenters. The van der Waals surface area contributed by atoms with Crippen LogP contribution in [-0.2, 0) is 6.61 Å². The van der Waals surface area contributed by atoms with Crippen LogP contribution >= 0.6 is 0 Å². The molecule has 0 radical (unpaired) electrons. The zero-order valence-electron chi connectivity index (χ0n) is 13.0. The van der Waals surface area contributed by atoms with Crippen molar-refractivity contribution in [3.05, 3.63) is 47.3 Å². The first-order valence-corrected chi connectivity index (χ1v) is 7.96. The van der Waals surface area contributed by atoms with Gasteiger partial charge in [-0.1, -0.05) is 25.3 Å². The summed E-state index contributed by atoms with van der Waals surface area (Å²) in [6.45, 7) is 4.73. The van der Waals surface area contributed by atoms with E-state index in [1.54, 1.807) is 0 Å². The van der Waals surface area contributed by atoms with Crippen LogP contribution in [0.5, 0.6) is 5.75 Å². The second-order valence-electron chi connectivity index (χ2n) is 6.19. The first-order chi connectivity index (χ1) is 10.2. The highest BCUT2D eigenvalue weighted by atomic mass is 16.5. The van der Waals surface area contributed by atoms with E-state index in [4.69, 9.17) is 4.74 Å². The topological polar surface area (TPSA) is 27.1 Å². The lowest BCUT2D eigenvalue weighted by Gasteiger charge is -2.21. The molecule has 1 aliphatic rings. The molecule has 1 fully saturated rings. The van der Waals surface area contributed by atoms with E-state index in [0.29, 0.717) is 12.6 Å². The van der Waals surface area contributed by atoms with Gasteiger partial charge < -0.3 is 4.74 Å². The summed E-state index contributed by atoms with van der Waals surface area (Å²) in [5.74, 6) is 0.930. The minimum atomic E-state index is 0.544. The molecule has 21 heavy (non-hydrogen) atoms. The third kappa shape index (κ3) is 3.66. The number of hydrogen-bond donors (Lipinski definition) is 0. The average molecular weight is 284 g/mol. The molecule has 1 aromatic heterocycles. The number of aromatic nitrogens is 2. The van der Waals surface area contributed by atoms with E-state index >= 15 is 0 Å². The molecule has 0 N–H and O–H groups in total. The molecule has 0 amide bonds. The van der Waals surface area contributed by atoms with Crippen LogP contribution in [0.1, 0.15) is 55.0 Å². The Labute approximate surface area is 126 Å². The first-order valence-electron chi connectivity index (χ1n) is 7.96. The third-order valence-corrected chi connectivity index (χ3v) is 4.19. The minimum Gasteiger partial charge on any atom is -0.487 e. The molecule has 3 nitrogen and oxygen atoms in total. The number of nitrogens with zero attached hydrogens (tertiary/aromatic N) is 2. The summed E-state index contributed by atoms with van der Waals surface area (Å²) in [6.07, 6.45) is 8.67. The zero-order chi connectivity index (χ0) is 14.7. The van der Waals surface area contributed by atoms with E-state index in [9.17, 15) is 0 Å². The summed E-state index contributed by atoms with van der Waals surface area (Å²) in [6, 6.07) is 8.98. The van der Waals surface area contributed by atoms with Crippen molar-refractivity contribution in [2.45, 2.75) is 58.6 Å². The number of rotatable bonds is 4. The highest BCUT2D eigenvalue weighted by Gasteiger charge is 2.16. The average Bonchev–Trinajstić information content (AvgIpc) is 2.94. The molecule has 1 aromatic carbocycles. The van der Waals surface area contributed by atoms with Gasteiger partial charge in [-0.05, 0) is 56.0 Å². The van der Waals surface area contributed by atoms with Crippen LogP contribution < -0.4 is 4.74 Å². The Bertz CT molecular complexity index is 577. The van der Waals surface area contributed by atoms with Gasteiger partial charge in [0, 0.05) is 6.20 Å². The predicted molar refractivity (Wildman–Crippen MR) is 84.6 cm³/mol. The van der Waals surface area contributed by atoms with Gasteiger partial charge in [0.1, 0.15) is 12.4 Å². The first kappa shape index (κ1) is 14.2. The van der Waals surface area contributed by atoms with Crippen LogP contribution in [0.3, 0.4) is 0 Å². The molecule has 112 valence electrons. The lowest BCUT2D eigenvalue weighted by atomic mass is 9.96. The van der Waals surface area contributed by atoms with Crippen molar-refractivity contribution >= 4 is 0 Å². The summed E-state index contributed by atoms with van der Waals surface area (Å²) in [5.41, 5.74) is 3.48. The Morgan fingerprint density at radius 3 is 2.52 bits per heavy atom. The van der Waals surface area contributed by atoms with E-state index in [1.807, 2.05) is 0 Å². The molecule has 0 bridgehead atoms. The number of hydrogen-bond acceptors (Lipinski definition) is 2. The molecule has 2 aromatic rings. The third-order valence-electron chi connectivity index (χ3n) is 4.19. The summed E-state index contributed by atoms with van der Waals surface area (Å²) in [4.78, 5) is 0. The fraction of sp³-hybridized carbons (Fsp3) is 0.500. The van der Waals surface area contributed by atoms with Crippen molar-refractivity contribution < 1.29 is 4.74 Å². The quantitative estimate of drug-likeness (QED) is 0.821. The fourth-order valence-corrected chi connectivity index (χ4v) is 3.18. The van der Waals surface area contributed by atoms with E-state index < -0.39 is 0 Å². The Kier molecular flexibility index (Phi) is 4.28. The molecule has 0 unspecified atom stereocenters. The maximum absolute atomic E-state index is 5.88. The Morgan fingerprint density at radius 2 is 1.81 bits per heavy atom. The van der Waals surface area contributed by atoms with Crippen LogP contribution in [0.4, 0.5) is 0 Å². The summed E-state index contributed by atoms with van der Waals surface area (Å²) in [7, 11) is 0. The van der Waals surface area contributed by atoms with Crippen molar-refractivity contribution in [2.75, 3.05) is 0 Å². The van der Waals surface area contributed by atoms with Gasteiger partial charge in [0.15, 0.2) is 0 Å². The SMILES string of the molecule is Cc1cc(C)cc(OCc2ccn(C3CCCCC3)n2)c1. The maximum atomic E-state index is 5.88. The fourth-order valence-electron chi connectivity index (χ4n) is 3.18. The highest BCUT2D eigenvalue weighted by molar-refractivity contribution is 5.33. The van der Waals surface area contributed by atoms with Gasteiger partial charge in [-0.25, -0.2) is 0 Å². The predicted octanol–water partition coefficient (Wildman–Crippen LogP) is 4.58. The molecular formula is C18H24N2O. The van der Waals surface area contributed by atoms with Gasteiger partial charge in [-0.3, -0.25) is 4.68 Å². The second-order valence-corrected chi connectivity index (χ2v) is 6.19. The van der Waals surface area contributed by atoms with Gasteiger partial charge in [0.25, 0.3) is 0 Å². The molecule has 0 spiro atoms. The van der Waals surface area contributed by atoms with Gasteiger partial charge in [0.05, 0.1) is 11.7 Å². The number of benzene rings is 1. The molecule has 3 heteroatoms. The normalized spacial score (nSPS) is 16.1. The van der Waals surface area contributed by atoms with Crippen molar-refractivity contribution in [1.29, 1.82) is 0 Å². The van der Waals surface area contributed by atoms with Gasteiger partial charge >= 0.3 is 0 Å². The Balaban J connectivity index is 1.61. The smallest absolute Gasteiger partial charge is 0.132 e. The molecular weight excluding hydrogens is 260 g/mol. The van der Waals surface area contributed by atoms with Crippen LogP contribution in [0.2, 0.25) is 0 Å². The second kappa shape index (κ2) is 6.33. The standard InChI is InChI=1S/C18H24N2O/c1-14-10-15(2)12-18(11-14)21-13-16-8-9-20(19-16)17-6-4-3-5-7-17/h8-12,17H,3-7,13H2,1-2H3. The number of ether oxygens (including phenoxy) is 1. The maximum Gasteiger partial charge on any atom is 0.132 e. The molecule has 3 rings (SSSR count). The van der Waals surface area contributed by atoms with Crippen molar-refractivity contribution in [1.82, 2.24) is 9.78 Å². The van der Waals surface area contributed by atoms with Crippen LogP contribution in [0.25, 0.3) is 0 Å². The van der Waals surface area contributed by atoms with Gasteiger partial charge in [-0.15, -0.1) is 0 Å². The minimum absolute atomic E-state index is 0.544. The van der Waals surface area contributed by atoms with Crippen LogP contribution in [0.15, 0.2) is 30.5 Å². The van der Waals surface area contributed by atoms with Gasteiger partial charge in [-0.2, -0.15) is 5.10 Å². The summed E-state index contributed by atoms with van der Waals surface area (Å²) >= 11 is 0. The molecule has 1 heterocycles. The summed E-state index contributed by atoms with van der Waals surface area (Å²) in [5, 5.41) is 4.69. The van der Waals surface area contributed by atoms with E-state index in [1.165, 1.54) is 43.2 Å². The van der Waals surface area contributed by atoms with E-state index in [2.05, 4.69) is 54.1 Å². The van der Waals surface area contributed by atoms with Crippen molar-refractivity contribution in [3.8, 4) is 5.75 Å². The lowest BCUT2D eigenvalue weighted by Crippen LogP contribution is -2.13. The van der Waals surface area contributed by atoms with Crippen LogP contribution in [-0.4, -0.2) is 9.78 Å². The van der Waals surface area contributed by atoms with Crippen molar-refractivity contribution in [2.24, 2.45) is 0 Å². The zero-order valence-corrected chi connectivity index (χ0v) is 13.0. The summed E-state index contributed by atoms with van der Waals surface area (Å²) < 4.78 is 8.02. The monoisotopic (exact) mass is 284 g/mol. The van der Waals surface area contributed by atoms with E-state index in [-0.39, 0.29) is 0 Å². The molecule has 1 saturated carbocycles. The highest BCUT2D eigenvalue weighted by Crippen LogP contribution is 2.27. The number of aryl methyl sites for hydroxylation is 2. The van der Waals surface area contributed by atoms with Crippen molar-refractivity contribution in [3.63, 3.8) is 0 Å². The Morgan fingerprint density at radius 1 is 1.10 bits per heavy atom. The lowest BCUT2D eigenvalue weighted by molar-refractivity contribution is 0.290. The Hall–Kier alpha value is -1.77. The molecule has 1 aliphatic carbocycles. The van der Waals surface area contributed by atoms with E-state index in [0.717, 1.165) is 11.4 Å². The molecule has 0 saturated heterocycles.